The topological polar surface area (TPSA) is 98.8 Å². The van der Waals surface area contributed by atoms with E-state index in [1.165, 1.54) is 0 Å². The van der Waals surface area contributed by atoms with Crippen molar-refractivity contribution in [3.8, 4) is 0 Å². The second-order valence-corrected chi connectivity index (χ2v) is 9.90. The highest BCUT2D eigenvalue weighted by atomic mass is 32.2. The standard InChI is InChI=1S/C24H28N4O4S2/c29-21(19-7-3-1-4-8-19)25-23(31)27-11-12-28(14-16-34-18-17-33-15-13-27)24(32)26-22(30)20-9-5-2-6-10-20/h1-10H,11-18H2,(H,25,29,31)(H,26,30,32). The van der Waals surface area contributed by atoms with E-state index in [-0.39, 0.29) is 13.1 Å². The molecule has 1 saturated heterocycles. The summed E-state index contributed by atoms with van der Waals surface area (Å²) in [4.78, 5) is 53.6. The lowest BCUT2D eigenvalue weighted by Gasteiger charge is -2.28. The third kappa shape index (κ3) is 8.11. The summed E-state index contributed by atoms with van der Waals surface area (Å²) in [5, 5.41) is 4.87. The van der Waals surface area contributed by atoms with Crippen molar-refractivity contribution in [2.45, 2.75) is 0 Å². The van der Waals surface area contributed by atoms with Crippen LogP contribution in [0, 0.1) is 0 Å². The van der Waals surface area contributed by atoms with Crippen LogP contribution < -0.4 is 10.6 Å². The number of benzene rings is 2. The predicted octanol–water partition coefficient (Wildman–Crippen LogP) is 3.17. The molecule has 1 aliphatic rings. The SMILES string of the molecule is O=C(NC(=O)N1CCSCCSCCN(C(=O)NC(=O)c2ccccc2)CC1)c1ccccc1. The highest BCUT2D eigenvalue weighted by Crippen LogP contribution is 2.11. The van der Waals surface area contributed by atoms with E-state index < -0.39 is 23.9 Å². The van der Waals surface area contributed by atoms with E-state index in [0.29, 0.717) is 24.2 Å². The molecule has 0 spiro atoms. The molecule has 10 heteroatoms. The molecule has 0 saturated carbocycles. The quantitative estimate of drug-likeness (QED) is 0.657. The number of urea groups is 2. The molecule has 2 aromatic rings. The minimum atomic E-state index is -0.499. The number of carbonyl (C=O) groups is 4. The van der Waals surface area contributed by atoms with Crippen LogP contribution in [0.4, 0.5) is 9.59 Å². The molecule has 6 amide bonds. The van der Waals surface area contributed by atoms with E-state index in [2.05, 4.69) is 10.6 Å². The van der Waals surface area contributed by atoms with Crippen molar-refractivity contribution >= 4 is 47.4 Å². The van der Waals surface area contributed by atoms with Gasteiger partial charge in [0.05, 0.1) is 0 Å². The zero-order valence-electron chi connectivity index (χ0n) is 18.8. The number of carbonyl (C=O) groups excluding carboxylic acids is 4. The van der Waals surface area contributed by atoms with Gasteiger partial charge in [-0.15, -0.1) is 0 Å². The van der Waals surface area contributed by atoms with Crippen molar-refractivity contribution in [3.05, 3.63) is 71.8 Å². The summed E-state index contributed by atoms with van der Waals surface area (Å²) in [7, 11) is 0. The molecule has 1 aliphatic heterocycles. The van der Waals surface area contributed by atoms with Gasteiger partial charge >= 0.3 is 12.1 Å². The van der Waals surface area contributed by atoms with E-state index in [1.54, 1.807) is 94.0 Å². The number of amides is 6. The summed E-state index contributed by atoms with van der Waals surface area (Å²) >= 11 is 3.50. The minimum absolute atomic E-state index is 0.242. The fourth-order valence-electron chi connectivity index (χ4n) is 3.22. The fraction of sp³-hybridized carbons (Fsp3) is 0.333. The number of hydrogen-bond donors (Lipinski definition) is 2. The Morgan fingerprint density at radius 2 is 0.941 bits per heavy atom. The zero-order chi connectivity index (χ0) is 24.2. The van der Waals surface area contributed by atoms with E-state index in [4.69, 9.17) is 0 Å². The van der Waals surface area contributed by atoms with Gasteiger partial charge in [-0.3, -0.25) is 20.2 Å². The first-order valence-corrected chi connectivity index (χ1v) is 13.3. The largest absolute Gasteiger partial charge is 0.324 e. The first-order valence-electron chi connectivity index (χ1n) is 11.0. The molecule has 0 atom stereocenters. The molecule has 0 aromatic heterocycles. The van der Waals surface area contributed by atoms with Crippen molar-refractivity contribution in [2.75, 3.05) is 49.2 Å². The molecule has 3 rings (SSSR count). The molecule has 2 aromatic carbocycles. The van der Waals surface area contributed by atoms with Gasteiger partial charge in [-0.2, -0.15) is 23.5 Å². The summed E-state index contributed by atoms with van der Waals surface area (Å²) in [6, 6.07) is 16.1. The molecule has 34 heavy (non-hydrogen) atoms. The van der Waals surface area contributed by atoms with E-state index in [1.807, 2.05) is 0 Å². The molecule has 0 aliphatic carbocycles. The Kier molecular flexibility index (Phi) is 10.3. The number of nitrogens with one attached hydrogen (secondary N) is 2. The van der Waals surface area contributed by atoms with Crippen LogP contribution >= 0.6 is 23.5 Å². The van der Waals surface area contributed by atoms with Crippen LogP contribution in [0.1, 0.15) is 20.7 Å². The Labute approximate surface area is 207 Å². The number of rotatable bonds is 2. The van der Waals surface area contributed by atoms with Crippen molar-refractivity contribution in [1.29, 1.82) is 0 Å². The molecular formula is C24H28N4O4S2. The van der Waals surface area contributed by atoms with Gasteiger partial charge in [0.1, 0.15) is 0 Å². The van der Waals surface area contributed by atoms with Gasteiger partial charge in [-0.05, 0) is 24.3 Å². The third-order valence-electron chi connectivity index (χ3n) is 5.11. The number of imide groups is 2. The van der Waals surface area contributed by atoms with Crippen LogP contribution in [0.15, 0.2) is 60.7 Å². The normalized spacial score (nSPS) is 15.4. The van der Waals surface area contributed by atoms with E-state index in [9.17, 15) is 19.2 Å². The summed E-state index contributed by atoms with van der Waals surface area (Å²) in [6.45, 7) is 1.38. The number of hydrogen-bond acceptors (Lipinski definition) is 6. The highest BCUT2D eigenvalue weighted by Gasteiger charge is 2.22. The van der Waals surface area contributed by atoms with Gasteiger partial charge < -0.3 is 9.80 Å². The van der Waals surface area contributed by atoms with Crippen LogP contribution in [-0.4, -0.2) is 82.9 Å². The van der Waals surface area contributed by atoms with Gasteiger partial charge in [-0.1, -0.05) is 36.4 Å². The number of thioether (sulfide) groups is 2. The Bertz CT molecular complexity index is 896. The second-order valence-electron chi connectivity index (χ2n) is 7.45. The molecule has 0 radical (unpaired) electrons. The minimum Gasteiger partial charge on any atom is -0.322 e. The first kappa shape index (κ1) is 25.6. The Morgan fingerprint density at radius 3 is 1.32 bits per heavy atom. The Morgan fingerprint density at radius 1 is 0.559 bits per heavy atom. The second kappa shape index (κ2) is 13.7. The lowest BCUT2D eigenvalue weighted by molar-refractivity contribution is 0.0934. The lowest BCUT2D eigenvalue weighted by atomic mass is 10.2. The molecule has 1 fully saturated rings. The van der Waals surface area contributed by atoms with Gasteiger partial charge in [0, 0.05) is 60.3 Å². The molecule has 2 N–H and O–H groups in total. The summed E-state index contributed by atoms with van der Waals surface area (Å²) < 4.78 is 0. The summed E-state index contributed by atoms with van der Waals surface area (Å²) in [6.07, 6.45) is 0. The van der Waals surface area contributed by atoms with E-state index >= 15 is 0 Å². The van der Waals surface area contributed by atoms with Crippen molar-refractivity contribution in [1.82, 2.24) is 20.4 Å². The maximum atomic E-state index is 12.8. The van der Waals surface area contributed by atoms with E-state index in [0.717, 1.165) is 23.0 Å². The van der Waals surface area contributed by atoms with Crippen LogP contribution in [0.25, 0.3) is 0 Å². The monoisotopic (exact) mass is 500 g/mol. The van der Waals surface area contributed by atoms with Crippen LogP contribution in [0.3, 0.4) is 0 Å². The molecule has 1 heterocycles. The van der Waals surface area contributed by atoms with Crippen molar-refractivity contribution in [2.24, 2.45) is 0 Å². The maximum Gasteiger partial charge on any atom is 0.324 e. The fourth-order valence-corrected chi connectivity index (χ4v) is 5.27. The first-order chi connectivity index (χ1) is 16.5. The maximum absolute atomic E-state index is 12.8. The molecular weight excluding hydrogens is 472 g/mol. The van der Waals surface area contributed by atoms with Gasteiger partial charge in [0.15, 0.2) is 0 Å². The third-order valence-corrected chi connectivity index (χ3v) is 7.30. The molecule has 0 bridgehead atoms. The summed E-state index contributed by atoms with van der Waals surface area (Å²) in [5.41, 5.74) is 0.800. The predicted molar refractivity (Wildman–Crippen MR) is 136 cm³/mol. The molecule has 0 unspecified atom stereocenters. The summed E-state index contributed by atoms with van der Waals surface area (Å²) in [5.74, 6) is 2.38. The average molecular weight is 501 g/mol. The lowest BCUT2D eigenvalue weighted by Crippen LogP contribution is -2.50. The van der Waals surface area contributed by atoms with Gasteiger partial charge in [0.2, 0.25) is 0 Å². The Hall–Kier alpha value is -2.98. The number of nitrogens with zero attached hydrogens (tertiary/aromatic N) is 2. The van der Waals surface area contributed by atoms with Crippen LogP contribution in [0.5, 0.6) is 0 Å². The molecule has 180 valence electrons. The van der Waals surface area contributed by atoms with Gasteiger partial charge in [0.25, 0.3) is 11.8 Å². The van der Waals surface area contributed by atoms with Gasteiger partial charge in [-0.25, -0.2) is 9.59 Å². The smallest absolute Gasteiger partial charge is 0.322 e. The molecule has 8 nitrogen and oxygen atoms in total. The Balaban J connectivity index is 1.64. The average Bonchev–Trinajstić information content (AvgIpc) is 2.85. The zero-order valence-corrected chi connectivity index (χ0v) is 20.4. The van der Waals surface area contributed by atoms with Crippen molar-refractivity contribution < 1.29 is 19.2 Å². The van der Waals surface area contributed by atoms with Crippen LogP contribution in [0.2, 0.25) is 0 Å². The van der Waals surface area contributed by atoms with Crippen LogP contribution in [-0.2, 0) is 0 Å². The van der Waals surface area contributed by atoms with Crippen molar-refractivity contribution in [3.63, 3.8) is 0 Å². The highest BCUT2D eigenvalue weighted by molar-refractivity contribution is 8.02.